The van der Waals surface area contributed by atoms with Gasteiger partial charge in [0.1, 0.15) is 11.5 Å². The van der Waals surface area contributed by atoms with Crippen molar-refractivity contribution >= 4 is 11.5 Å². The molecule has 0 aliphatic carbocycles. The van der Waals surface area contributed by atoms with Gasteiger partial charge in [-0.2, -0.15) is 13.2 Å². The number of aromatic nitrogens is 5. The predicted molar refractivity (Wildman–Crippen MR) is 90.6 cm³/mol. The minimum atomic E-state index is -4.48. The molecule has 1 aliphatic heterocycles. The number of halogens is 3. The Bertz CT molecular complexity index is 957. The average Bonchev–Trinajstić information content (AvgIpc) is 3.27. The van der Waals surface area contributed by atoms with E-state index in [0.717, 1.165) is 30.7 Å². The molecule has 0 radical (unpaired) electrons. The minimum absolute atomic E-state index is 0.0171. The van der Waals surface area contributed by atoms with E-state index >= 15 is 0 Å². The van der Waals surface area contributed by atoms with Crippen molar-refractivity contribution in [3.63, 3.8) is 0 Å². The lowest BCUT2D eigenvalue weighted by Crippen LogP contribution is -2.23. The molecular formula is C17H17F3N6O. The Morgan fingerprint density at radius 1 is 1.26 bits per heavy atom. The number of hydrogen-bond acceptors (Lipinski definition) is 6. The van der Waals surface area contributed by atoms with E-state index < -0.39 is 11.9 Å². The van der Waals surface area contributed by atoms with E-state index in [1.807, 2.05) is 17.5 Å². The number of anilines is 1. The molecule has 0 amide bonds. The summed E-state index contributed by atoms with van der Waals surface area (Å²) in [6, 6.07) is 3.66. The van der Waals surface area contributed by atoms with Gasteiger partial charge in [0, 0.05) is 37.5 Å². The zero-order valence-electron chi connectivity index (χ0n) is 14.5. The van der Waals surface area contributed by atoms with Gasteiger partial charge in [0.25, 0.3) is 0 Å². The lowest BCUT2D eigenvalue weighted by molar-refractivity contribution is -0.141. The van der Waals surface area contributed by atoms with E-state index in [4.69, 9.17) is 4.74 Å². The van der Waals surface area contributed by atoms with Gasteiger partial charge in [-0.3, -0.25) is 4.40 Å². The maximum Gasteiger partial charge on any atom is 0.433 e. The number of fused-ring (bicyclic) bond motifs is 1. The number of aryl methyl sites for hydroxylation is 1. The van der Waals surface area contributed by atoms with Crippen LogP contribution in [0.5, 0.6) is 5.88 Å². The van der Waals surface area contributed by atoms with Crippen LogP contribution in [0.3, 0.4) is 0 Å². The molecule has 1 saturated heterocycles. The van der Waals surface area contributed by atoms with Crippen LogP contribution in [0.2, 0.25) is 0 Å². The Kier molecular flexibility index (Phi) is 4.33. The fourth-order valence-electron chi connectivity index (χ4n) is 3.17. The minimum Gasteiger partial charge on any atom is -0.477 e. The molecule has 142 valence electrons. The largest absolute Gasteiger partial charge is 0.477 e. The second-order valence-electron chi connectivity index (χ2n) is 6.46. The van der Waals surface area contributed by atoms with E-state index in [0.29, 0.717) is 18.8 Å². The van der Waals surface area contributed by atoms with Crippen molar-refractivity contribution in [2.24, 2.45) is 5.92 Å². The summed E-state index contributed by atoms with van der Waals surface area (Å²) < 4.78 is 45.6. The highest BCUT2D eigenvalue weighted by Crippen LogP contribution is 2.29. The van der Waals surface area contributed by atoms with Crippen LogP contribution >= 0.6 is 0 Å². The summed E-state index contributed by atoms with van der Waals surface area (Å²) >= 11 is 0. The molecule has 4 heterocycles. The molecule has 1 fully saturated rings. The van der Waals surface area contributed by atoms with Crippen LogP contribution in [0.4, 0.5) is 19.0 Å². The van der Waals surface area contributed by atoms with Gasteiger partial charge in [0.2, 0.25) is 11.5 Å². The molecule has 0 spiro atoms. The van der Waals surface area contributed by atoms with Gasteiger partial charge in [-0.25, -0.2) is 9.97 Å². The molecule has 10 heteroatoms. The SMILES string of the molecule is Cc1nnc2c(N3CCC(COc4cccc(C(F)(F)F)n4)C3)nccn12. The first-order chi connectivity index (χ1) is 12.9. The average molecular weight is 378 g/mol. The highest BCUT2D eigenvalue weighted by atomic mass is 19.4. The number of rotatable bonds is 4. The van der Waals surface area contributed by atoms with Crippen molar-refractivity contribution in [2.45, 2.75) is 19.5 Å². The Morgan fingerprint density at radius 2 is 2.11 bits per heavy atom. The van der Waals surface area contributed by atoms with Crippen molar-refractivity contribution in [1.82, 2.24) is 24.6 Å². The zero-order chi connectivity index (χ0) is 19.0. The maximum atomic E-state index is 12.7. The van der Waals surface area contributed by atoms with Crippen LogP contribution in [0, 0.1) is 12.8 Å². The highest BCUT2D eigenvalue weighted by Gasteiger charge is 2.33. The molecule has 3 aromatic rings. The second-order valence-corrected chi connectivity index (χ2v) is 6.46. The summed E-state index contributed by atoms with van der Waals surface area (Å²) in [6.07, 6.45) is -0.127. The Hall–Kier alpha value is -2.91. The van der Waals surface area contributed by atoms with Crippen LogP contribution < -0.4 is 9.64 Å². The molecule has 3 aromatic heterocycles. The molecule has 7 nitrogen and oxygen atoms in total. The van der Waals surface area contributed by atoms with Crippen molar-refractivity contribution in [3.8, 4) is 5.88 Å². The molecule has 0 saturated carbocycles. The first-order valence-electron chi connectivity index (χ1n) is 8.50. The van der Waals surface area contributed by atoms with Crippen LogP contribution in [0.25, 0.3) is 5.65 Å². The van der Waals surface area contributed by atoms with Gasteiger partial charge in [0.05, 0.1) is 6.61 Å². The Morgan fingerprint density at radius 3 is 2.93 bits per heavy atom. The van der Waals surface area contributed by atoms with Crippen LogP contribution in [-0.2, 0) is 6.18 Å². The van der Waals surface area contributed by atoms with Crippen LogP contribution in [0.1, 0.15) is 17.9 Å². The van der Waals surface area contributed by atoms with E-state index in [1.54, 1.807) is 6.20 Å². The van der Waals surface area contributed by atoms with Gasteiger partial charge in [-0.1, -0.05) is 6.07 Å². The van der Waals surface area contributed by atoms with Gasteiger partial charge in [0.15, 0.2) is 5.82 Å². The smallest absolute Gasteiger partial charge is 0.433 e. The highest BCUT2D eigenvalue weighted by molar-refractivity contribution is 5.64. The van der Waals surface area contributed by atoms with E-state index in [1.165, 1.54) is 12.1 Å². The van der Waals surface area contributed by atoms with E-state index in [-0.39, 0.29) is 11.8 Å². The summed E-state index contributed by atoms with van der Waals surface area (Å²) in [6.45, 7) is 3.60. The van der Waals surface area contributed by atoms with Crippen LogP contribution in [0.15, 0.2) is 30.6 Å². The van der Waals surface area contributed by atoms with Gasteiger partial charge in [-0.15, -0.1) is 10.2 Å². The summed E-state index contributed by atoms with van der Waals surface area (Å²) in [7, 11) is 0. The van der Waals surface area contributed by atoms with Gasteiger partial charge < -0.3 is 9.64 Å². The number of alkyl halides is 3. The van der Waals surface area contributed by atoms with Gasteiger partial charge in [-0.05, 0) is 19.4 Å². The Labute approximate surface area is 152 Å². The summed E-state index contributed by atoms with van der Waals surface area (Å²) in [4.78, 5) is 10.0. The maximum absolute atomic E-state index is 12.7. The third-order valence-corrected chi connectivity index (χ3v) is 4.55. The van der Waals surface area contributed by atoms with Gasteiger partial charge >= 0.3 is 6.18 Å². The molecule has 1 aliphatic rings. The molecule has 27 heavy (non-hydrogen) atoms. The molecule has 1 atom stereocenters. The summed E-state index contributed by atoms with van der Waals surface area (Å²) in [5.74, 6) is 1.67. The topological polar surface area (TPSA) is 68.4 Å². The number of ether oxygens (including phenoxy) is 1. The normalized spacial score (nSPS) is 17.6. The monoisotopic (exact) mass is 378 g/mol. The van der Waals surface area contributed by atoms with Crippen molar-refractivity contribution in [1.29, 1.82) is 0 Å². The Balaban J connectivity index is 1.42. The molecule has 0 aromatic carbocycles. The fraction of sp³-hybridized carbons (Fsp3) is 0.412. The third kappa shape index (κ3) is 3.51. The summed E-state index contributed by atoms with van der Waals surface area (Å²) in [5, 5.41) is 8.25. The summed E-state index contributed by atoms with van der Waals surface area (Å²) in [5.41, 5.74) is -0.262. The molecule has 0 N–H and O–H groups in total. The standard InChI is InChI=1S/C17H17F3N6O/c1-11-23-24-16-15(21-6-8-26(11)16)25-7-5-12(9-25)10-27-14-4-2-3-13(22-14)17(18,19)20/h2-4,6,8,12H,5,7,9-10H2,1H3. The van der Waals surface area contributed by atoms with E-state index in [2.05, 4.69) is 25.1 Å². The number of pyridine rings is 1. The number of nitrogens with zero attached hydrogens (tertiary/aromatic N) is 6. The molecular weight excluding hydrogens is 361 g/mol. The first-order valence-corrected chi connectivity index (χ1v) is 8.50. The lowest BCUT2D eigenvalue weighted by Gasteiger charge is -2.18. The van der Waals surface area contributed by atoms with Crippen molar-refractivity contribution in [2.75, 3.05) is 24.6 Å². The fourth-order valence-corrected chi connectivity index (χ4v) is 3.17. The van der Waals surface area contributed by atoms with Crippen molar-refractivity contribution in [3.05, 3.63) is 42.1 Å². The molecule has 1 unspecified atom stereocenters. The molecule has 0 bridgehead atoms. The zero-order valence-corrected chi connectivity index (χ0v) is 14.5. The van der Waals surface area contributed by atoms with Crippen molar-refractivity contribution < 1.29 is 17.9 Å². The van der Waals surface area contributed by atoms with Crippen LogP contribution in [-0.4, -0.2) is 44.3 Å². The van der Waals surface area contributed by atoms with E-state index in [9.17, 15) is 13.2 Å². The quantitative estimate of drug-likeness (QED) is 0.695. The third-order valence-electron chi connectivity index (χ3n) is 4.55. The first kappa shape index (κ1) is 17.5. The number of hydrogen-bond donors (Lipinski definition) is 0. The predicted octanol–water partition coefficient (Wildman–Crippen LogP) is 2.75. The molecule has 4 rings (SSSR count). The lowest BCUT2D eigenvalue weighted by atomic mass is 10.1. The second kappa shape index (κ2) is 6.67.